The van der Waals surface area contributed by atoms with Crippen LogP contribution in [0, 0.1) is 13.8 Å². The number of aryl methyl sites for hydroxylation is 2. The second-order valence-electron chi connectivity index (χ2n) is 5.58. The number of hydrogen-bond acceptors (Lipinski definition) is 4. The third-order valence-electron chi connectivity index (χ3n) is 3.32. The van der Waals surface area contributed by atoms with Gasteiger partial charge in [-0.2, -0.15) is 0 Å². The summed E-state index contributed by atoms with van der Waals surface area (Å²) in [5.41, 5.74) is 2.86. The standard InChI is InChI=1S/C19H20ClNO4/c1-4-24-19(23)14-5-6-17(16(20)10-14)21-18(22)11-25-15-8-12(2)7-13(3)9-15/h5-10H,4,11H2,1-3H3,(H,21,22). The van der Waals surface area contributed by atoms with E-state index in [2.05, 4.69) is 5.32 Å². The molecule has 0 radical (unpaired) electrons. The van der Waals surface area contributed by atoms with Crippen molar-refractivity contribution < 1.29 is 19.1 Å². The van der Waals surface area contributed by atoms with E-state index >= 15 is 0 Å². The number of esters is 1. The smallest absolute Gasteiger partial charge is 0.338 e. The van der Waals surface area contributed by atoms with Gasteiger partial charge in [0, 0.05) is 0 Å². The molecule has 0 aliphatic rings. The molecule has 2 aromatic carbocycles. The van der Waals surface area contributed by atoms with E-state index in [1.165, 1.54) is 6.07 Å². The maximum atomic E-state index is 12.0. The normalized spacial score (nSPS) is 10.2. The van der Waals surface area contributed by atoms with Gasteiger partial charge < -0.3 is 14.8 Å². The molecule has 132 valence electrons. The van der Waals surface area contributed by atoms with Crippen LogP contribution in [0.1, 0.15) is 28.4 Å². The number of ether oxygens (including phenoxy) is 2. The average Bonchev–Trinajstić information content (AvgIpc) is 2.54. The number of amides is 1. The van der Waals surface area contributed by atoms with Crippen molar-refractivity contribution in [2.75, 3.05) is 18.5 Å². The van der Waals surface area contributed by atoms with Crippen molar-refractivity contribution in [3.05, 3.63) is 58.1 Å². The first kappa shape index (κ1) is 18.8. The molecule has 0 spiro atoms. The minimum atomic E-state index is -0.458. The highest BCUT2D eigenvalue weighted by Crippen LogP contribution is 2.23. The van der Waals surface area contributed by atoms with Crippen LogP contribution in [-0.4, -0.2) is 25.1 Å². The van der Waals surface area contributed by atoms with Crippen LogP contribution in [0.2, 0.25) is 5.02 Å². The molecule has 0 heterocycles. The van der Waals surface area contributed by atoms with Gasteiger partial charge in [0.15, 0.2) is 6.61 Å². The Morgan fingerprint density at radius 1 is 1.08 bits per heavy atom. The molecule has 2 rings (SSSR count). The van der Waals surface area contributed by atoms with Gasteiger partial charge in [-0.25, -0.2) is 4.79 Å². The summed E-state index contributed by atoms with van der Waals surface area (Å²) in [5.74, 6) is -0.165. The van der Waals surface area contributed by atoms with E-state index in [-0.39, 0.29) is 24.1 Å². The summed E-state index contributed by atoms with van der Waals surface area (Å²) in [5, 5.41) is 2.91. The molecule has 0 bridgehead atoms. The molecule has 1 amide bonds. The summed E-state index contributed by atoms with van der Waals surface area (Å²) in [6, 6.07) is 10.3. The van der Waals surface area contributed by atoms with Crippen molar-refractivity contribution in [1.82, 2.24) is 0 Å². The largest absolute Gasteiger partial charge is 0.484 e. The molecule has 0 aliphatic heterocycles. The Balaban J connectivity index is 1.97. The lowest BCUT2D eigenvalue weighted by Gasteiger charge is -2.11. The van der Waals surface area contributed by atoms with E-state index < -0.39 is 5.97 Å². The summed E-state index contributed by atoms with van der Waals surface area (Å²) < 4.78 is 10.4. The molecule has 0 unspecified atom stereocenters. The van der Waals surface area contributed by atoms with Crippen LogP contribution >= 0.6 is 11.6 Å². The van der Waals surface area contributed by atoms with Crippen LogP contribution in [0.5, 0.6) is 5.75 Å². The van der Waals surface area contributed by atoms with Crippen LogP contribution in [0.3, 0.4) is 0 Å². The summed E-state index contributed by atoms with van der Waals surface area (Å²) in [6.45, 7) is 5.79. The molecule has 0 aliphatic carbocycles. The van der Waals surface area contributed by atoms with E-state index in [1.807, 2.05) is 32.0 Å². The SMILES string of the molecule is CCOC(=O)c1ccc(NC(=O)COc2cc(C)cc(C)c2)c(Cl)c1. The fourth-order valence-corrected chi connectivity index (χ4v) is 2.54. The Kier molecular flexibility index (Phi) is 6.42. The Morgan fingerprint density at radius 2 is 1.76 bits per heavy atom. The number of anilines is 1. The number of nitrogens with one attached hydrogen (secondary N) is 1. The molecule has 0 saturated carbocycles. The highest BCUT2D eigenvalue weighted by atomic mass is 35.5. The van der Waals surface area contributed by atoms with E-state index in [4.69, 9.17) is 21.1 Å². The summed E-state index contributed by atoms with van der Waals surface area (Å²) in [6.07, 6.45) is 0. The average molecular weight is 362 g/mol. The highest BCUT2D eigenvalue weighted by Gasteiger charge is 2.12. The van der Waals surface area contributed by atoms with E-state index in [0.717, 1.165) is 11.1 Å². The first-order valence-electron chi connectivity index (χ1n) is 7.86. The molecule has 1 N–H and O–H groups in total. The predicted octanol–water partition coefficient (Wildman–Crippen LogP) is 4.15. The van der Waals surface area contributed by atoms with Gasteiger partial charge >= 0.3 is 5.97 Å². The van der Waals surface area contributed by atoms with Gasteiger partial charge in [0.2, 0.25) is 0 Å². The van der Waals surface area contributed by atoms with Crippen LogP contribution in [0.4, 0.5) is 5.69 Å². The predicted molar refractivity (Wildman–Crippen MR) is 97.4 cm³/mol. The Hall–Kier alpha value is -2.53. The van der Waals surface area contributed by atoms with Gasteiger partial charge in [0.1, 0.15) is 5.75 Å². The number of carbonyl (C=O) groups is 2. The van der Waals surface area contributed by atoms with Crippen LogP contribution in [-0.2, 0) is 9.53 Å². The minimum absolute atomic E-state index is 0.140. The summed E-state index contributed by atoms with van der Waals surface area (Å²) in [4.78, 5) is 23.7. The van der Waals surface area contributed by atoms with Crippen molar-refractivity contribution in [2.45, 2.75) is 20.8 Å². The fourth-order valence-electron chi connectivity index (χ4n) is 2.31. The Bertz CT molecular complexity index is 769. The van der Waals surface area contributed by atoms with Gasteiger partial charge in [0.05, 0.1) is 22.9 Å². The van der Waals surface area contributed by atoms with Crippen LogP contribution in [0.15, 0.2) is 36.4 Å². The molecule has 25 heavy (non-hydrogen) atoms. The quantitative estimate of drug-likeness (QED) is 0.785. The van der Waals surface area contributed by atoms with E-state index in [1.54, 1.807) is 19.1 Å². The number of hydrogen-bond donors (Lipinski definition) is 1. The van der Waals surface area contributed by atoms with Crippen LogP contribution < -0.4 is 10.1 Å². The first-order valence-corrected chi connectivity index (χ1v) is 8.24. The molecule has 5 nitrogen and oxygen atoms in total. The Labute approximate surface area is 151 Å². The van der Waals surface area contributed by atoms with Gasteiger partial charge in [-0.05, 0) is 62.2 Å². The lowest BCUT2D eigenvalue weighted by atomic mass is 10.1. The number of halogens is 1. The van der Waals surface area contributed by atoms with Crippen molar-refractivity contribution >= 4 is 29.2 Å². The Morgan fingerprint density at radius 3 is 2.36 bits per heavy atom. The lowest BCUT2D eigenvalue weighted by Crippen LogP contribution is -2.20. The van der Waals surface area contributed by atoms with Gasteiger partial charge in [-0.15, -0.1) is 0 Å². The lowest BCUT2D eigenvalue weighted by molar-refractivity contribution is -0.118. The van der Waals surface area contributed by atoms with Crippen molar-refractivity contribution in [1.29, 1.82) is 0 Å². The third-order valence-corrected chi connectivity index (χ3v) is 3.63. The summed E-state index contributed by atoms with van der Waals surface area (Å²) in [7, 11) is 0. The van der Waals surface area contributed by atoms with E-state index in [0.29, 0.717) is 17.0 Å². The van der Waals surface area contributed by atoms with Crippen molar-refractivity contribution in [2.24, 2.45) is 0 Å². The maximum Gasteiger partial charge on any atom is 0.338 e. The van der Waals surface area contributed by atoms with Gasteiger partial charge in [0.25, 0.3) is 5.91 Å². The molecule has 0 saturated heterocycles. The van der Waals surface area contributed by atoms with E-state index in [9.17, 15) is 9.59 Å². The number of benzene rings is 2. The second-order valence-corrected chi connectivity index (χ2v) is 5.98. The molecular weight excluding hydrogens is 342 g/mol. The molecule has 0 aromatic heterocycles. The highest BCUT2D eigenvalue weighted by molar-refractivity contribution is 6.34. The van der Waals surface area contributed by atoms with Crippen molar-refractivity contribution in [3.63, 3.8) is 0 Å². The summed E-state index contributed by atoms with van der Waals surface area (Å²) >= 11 is 6.11. The zero-order chi connectivity index (χ0) is 18.4. The molecule has 0 atom stereocenters. The number of rotatable bonds is 6. The topological polar surface area (TPSA) is 64.6 Å². The zero-order valence-corrected chi connectivity index (χ0v) is 15.1. The molecular formula is C19H20ClNO4. The van der Waals surface area contributed by atoms with Crippen LogP contribution in [0.25, 0.3) is 0 Å². The fraction of sp³-hybridized carbons (Fsp3) is 0.263. The zero-order valence-electron chi connectivity index (χ0n) is 14.4. The molecule has 0 fully saturated rings. The van der Waals surface area contributed by atoms with Gasteiger partial charge in [-0.3, -0.25) is 4.79 Å². The maximum absolute atomic E-state index is 12.0. The van der Waals surface area contributed by atoms with Gasteiger partial charge in [-0.1, -0.05) is 17.7 Å². The minimum Gasteiger partial charge on any atom is -0.484 e. The number of carbonyl (C=O) groups excluding carboxylic acids is 2. The third kappa shape index (κ3) is 5.50. The van der Waals surface area contributed by atoms with Crippen molar-refractivity contribution in [3.8, 4) is 5.75 Å². The second kappa shape index (κ2) is 8.53. The molecule has 2 aromatic rings. The molecule has 6 heteroatoms. The monoisotopic (exact) mass is 361 g/mol. The first-order chi connectivity index (χ1) is 11.9.